The largest absolute Gasteiger partial charge is 0.483 e. The predicted molar refractivity (Wildman–Crippen MR) is 136 cm³/mol. The van der Waals surface area contributed by atoms with Crippen molar-refractivity contribution in [1.82, 2.24) is 19.9 Å². The Morgan fingerprint density at radius 3 is 2.47 bits per heavy atom. The first kappa shape index (κ1) is 28.3. The molecule has 7 nitrogen and oxygen atoms in total. The molecule has 2 aromatic heterocycles. The van der Waals surface area contributed by atoms with Crippen LogP contribution in [0.5, 0.6) is 11.6 Å². The number of aryl methyl sites for hydroxylation is 1. The van der Waals surface area contributed by atoms with Gasteiger partial charge in [-0.2, -0.15) is 13.2 Å². The van der Waals surface area contributed by atoms with E-state index in [1.165, 1.54) is 0 Å². The third-order valence-corrected chi connectivity index (χ3v) is 7.66. The second-order valence-corrected chi connectivity index (χ2v) is 10.6. The van der Waals surface area contributed by atoms with Gasteiger partial charge in [-0.1, -0.05) is 18.9 Å². The fourth-order valence-electron chi connectivity index (χ4n) is 5.24. The summed E-state index contributed by atoms with van der Waals surface area (Å²) in [5.74, 6) is 2.42. The van der Waals surface area contributed by atoms with Crippen LogP contribution in [0.15, 0.2) is 24.5 Å². The predicted octanol–water partition coefficient (Wildman–Crippen LogP) is 5.14. The Balaban J connectivity index is 1.14. The normalized spacial score (nSPS) is 21.3. The zero-order valence-electron chi connectivity index (χ0n) is 22.2. The van der Waals surface area contributed by atoms with E-state index in [9.17, 15) is 18.0 Å². The molecule has 0 unspecified atom stereocenters. The van der Waals surface area contributed by atoms with Crippen molar-refractivity contribution in [2.24, 2.45) is 11.8 Å². The van der Waals surface area contributed by atoms with Crippen molar-refractivity contribution >= 4 is 5.78 Å². The molecule has 38 heavy (non-hydrogen) atoms. The molecule has 0 saturated heterocycles. The second kappa shape index (κ2) is 12.9. The number of hydrogen-bond donors (Lipinski definition) is 0. The SMILES string of the molecule is Cc1ncc(OCC(=O)CC2CCC(CCN3CCc4ccc(O[C@H](C)C(F)(F)F)nc4CC3)CC2)cn1. The number of pyridine rings is 1. The van der Waals surface area contributed by atoms with Gasteiger partial charge in [0.1, 0.15) is 12.4 Å². The molecule has 208 valence electrons. The molecule has 10 heteroatoms. The van der Waals surface area contributed by atoms with E-state index in [1.807, 2.05) is 6.07 Å². The molecule has 1 saturated carbocycles. The summed E-state index contributed by atoms with van der Waals surface area (Å²) in [5.41, 5.74) is 1.92. The molecule has 1 aliphatic carbocycles. The van der Waals surface area contributed by atoms with E-state index in [0.29, 0.717) is 36.3 Å². The molecule has 0 amide bonds. The number of Topliss-reactive ketones (excluding diaryl/α,β-unsaturated/α-hetero) is 1. The summed E-state index contributed by atoms with van der Waals surface area (Å²) in [5, 5.41) is 0. The molecule has 4 rings (SSSR count). The van der Waals surface area contributed by atoms with Gasteiger partial charge < -0.3 is 14.4 Å². The zero-order chi connectivity index (χ0) is 27.1. The van der Waals surface area contributed by atoms with Crippen molar-refractivity contribution in [3.63, 3.8) is 0 Å². The molecule has 0 radical (unpaired) electrons. The van der Waals surface area contributed by atoms with Crippen LogP contribution in [0.3, 0.4) is 0 Å². The minimum Gasteiger partial charge on any atom is -0.483 e. The Morgan fingerprint density at radius 1 is 1.08 bits per heavy atom. The monoisotopic (exact) mass is 534 g/mol. The summed E-state index contributed by atoms with van der Waals surface area (Å²) in [6.45, 7) is 5.63. The number of ether oxygens (including phenoxy) is 2. The summed E-state index contributed by atoms with van der Waals surface area (Å²) in [7, 11) is 0. The van der Waals surface area contributed by atoms with Gasteiger partial charge in [0.2, 0.25) is 5.88 Å². The number of aromatic nitrogens is 3. The first-order chi connectivity index (χ1) is 18.2. The van der Waals surface area contributed by atoms with Gasteiger partial charge in [0.05, 0.1) is 12.4 Å². The van der Waals surface area contributed by atoms with E-state index in [0.717, 1.165) is 76.3 Å². The summed E-state index contributed by atoms with van der Waals surface area (Å²) < 4.78 is 49.0. The molecule has 1 atom stereocenters. The number of nitrogens with zero attached hydrogens (tertiary/aromatic N) is 4. The number of halogens is 3. The van der Waals surface area contributed by atoms with Crippen molar-refractivity contribution < 1.29 is 27.4 Å². The van der Waals surface area contributed by atoms with Gasteiger partial charge in [0, 0.05) is 37.7 Å². The molecule has 1 fully saturated rings. The van der Waals surface area contributed by atoms with E-state index in [4.69, 9.17) is 9.47 Å². The van der Waals surface area contributed by atoms with Gasteiger partial charge in [0.15, 0.2) is 17.6 Å². The van der Waals surface area contributed by atoms with E-state index < -0.39 is 12.3 Å². The second-order valence-electron chi connectivity index (χ2n) is 10.6. The van der Waals surface area contributed by atoms with Crippen molar-refractivity contribution in [2.75, 3.05) is 26.2 Å². The molecule has 2 aliphatic rings. The van der Waals surface area contributed by atoms with Crippen molar-refractivity contribution in [1.29, 1.82) is 0 Å². The van der Waals surface area contributed by atoms with Crippen LogP contribution in [0.25, 0.3) is 0 Å². The Bertz CT molecular complexity index is 1060. The third kappa shape index (κ3) is 8.38. The number of hydrogen-bond acceptors (Lipinski definition) is 7. The van der Waals surface area contributed by atoms with Crippen LogP contribution < -0.4 is 9.47 Å². The summed E-state index contributed by atoms with van der Waals surface area (Å²) in [6, 6.07) is 3.40. The molecule has 2 aromatic rings. The van der Waals surface area contributed by atoms with Crippen LogP contribution in [0, 0.1) is 18.8 Å². The van der Waals surface area contributed by atoms with E-state index >= 15 is 0 Å². The van der Waals surface area contributed by atoms with Crippen molar-refractivity contribution in [2.45, 2.75) is 77.5 Å². The first-order valence-electron chi connectivity index (χ1n) is 13.5. The fraction of sp³-hybridized carbons (Fsp3) is 0.643. The Labute approximate surface area is 222 Å². The molecule has 0 N–H and O–H groups in total. The standard InChI is InChI=1S/C28H37F3N4O3/c1-19(28(29,30)31)38-27-8-7-23-10-13-35(14-11-26(23)34-27)12-9-21-3-5-22(6-4-21)15-24(36)18-37-25-16-32-20(2)33-17-25/h7-8,16-17,19,21-22H,3-6,9-15,18H2,1-2H3/t19-,21?,22?/m1/s1. The van der Waals surface area contributed by atoms with E-state index in [1.54, 1.807) is 25.4 Å². The van der Waals surface area contributed by atoms with Gasteiger partial charge in [-0.15, -0.1) is 0 Å². The molecular weight excluding hydrogens is 497 g/mol. The highest BCUT2D eigenvalue weighted by atomic mass is 19.4. The van der Waals surface area contributed by atoms with Crippen molar-refractivity contribution in [3.8, 4) is 11.6 Å². The number of alkyl halides is 3. The number of carbonyl (C=O) groups is 1. The number of ketones is 1. The molecule has 1 aliphatic heterocycles. The van der Waals surface area contributed by atoms with Crippen LogP contribution in [0.1, 0.15) is 62.5 Å². The molecule has 3 heterocycles. The average molecular weight is 535 g/mol. The number of carbonyl (C=O) groups excluding carboxylic acids is 1. The fourth-order valence-corrected chi connectivity index (χ4v) is 5.24. The lowest BCUT2D eigenvalue weighted by Gasteiger charge is -2.30. The van der Waals surface area contributed by atoms with Gasteiger partial charge in [-0.25, -0.2) is 15.0 Å². The number of rotatable bonds is 10. The van der Waals surface area contributed by atoms with Crippen LogP contribution >= 0.6 is 0 Å². The Hall–Kier alpha value is -2.75. The lowest BCUT2D eigenvalue weighted by molar-refractivity contribution is -0.190. The number of fused-ring (bicyclic) bond motifs is 1. The summed E-state index contributed by atoms with van der Waals surface area (Å²) in [6.07, 6.45) is 4.52. The minimum absolute atomic E-state index is 0.0352. The highest BCUT2D eigenvalue weighted by Crippen LogP contribution is 2.33. The van der Waals surface area contributed by atoms with Crippen LogP contribution in [-0.4, -0.2) is 64.2 Å². The van der Waals surface area contributed by atoms with Gasteiger partial charge >= 0.3 is 6.18 Å². The topological polar surface area (TPSA) is 77.4 Å². The van der Waals surface area contributed by atoms with Gasteiger partial charge in [-0.05, 0) is 63.5 Å². The maximum Gasteiger partial charge on any atom is 0.425 e. The van der Waals surface area contributed by atoms with Crippen LogP contribution in [0.2, 0.25) is 0 Å². The molecule has 0 aromatic carbocycles. The molecule has 0 spiro atoms. The van der Waals surface area contributed by atoms with E-state index in [2.05, 4.69) is 19.9 Å². The first-order valence-corrected chi connectivity index (χ1v) is 13.5. The lowest BCUT2D eigenvalue weighted by Crippen LogP contribution is -2.31. The third-order valence-electron chi connectivity index (χ3n) is 7.66. The van der Waals surface area contributed by atoms with Gasteiger partial charge in [0.25, 0.3) is 0 Å². The highest BCUT2D eigenvalue weighted by molar-refractivity contribution is 5.80. The zero-order valence-corrected chi connectivity index (χ0v) is 22.2. The smallest absolute Gasteiger partial charge is 0.425 e. The average Bonchev–Trinajstić information content (AvgIpc) is 3.09. The molecular formula is C28H37F3N4O3. The quantitative estimate of drug-likeness (QED) is 0.418. The lowest BCUT2D eigenvalue weighted by atomic mass is 9.78. The highest BCUT2D eigenvalue weighted by Gasteiger charge is 2.38. The summed E-state index contributed by atoms with van der Waals surface area (Å²) >= 11 is 0. The Morgan fingerprint density at radius 2 is 1.76 bits per heavy atom. The molecule has 0 bridgehead atoms. The summed E-state index contributed by atoms with van der Waals surface area (Å²) in [4.78, 5) is 27.3. The van der Waals surface area contributed by atoms with Crippen LogP contribution in [-0.2, 0) is 17.6 Å². The minimum atomic E-state index is -4.41. The maximum atomic E-state index is 12.8. The van der Waals surface area contributed by atoms with Crippen LogP contribution in [0.4, 0.5) is 13.2 Å². The van der Waals surface area contributed by atoms with Gasteiger partial charge in [-0.3, -0.25) is 4.79 Å². The Kier molecular flexibility index (Phi) is 9.57. The van der Waals surface area contributed by atoms with E-state index in [-0.39, 0.29) is 18.3 Å². The maximum absolute atomic E-state index is 12.8. The van der Waals surface area contributed by atoms with Crippen molar-refractivity contribution in [3.05, 3.63) is 41.6 Å².